The summed E-state index contributed by atoms with van der Waals surface area (Å²) in [5.74, 6) is 0.391. The number of esters is 1. The summed E-state index contributed by atoms with van der Waals surface area (Å²) in [5, 5.41) is 3.40. The van der Waals surface area contributed by atoms with Crippen LogP contribution in [0.5, 0.6) is 0 Å². The number of hydrogen-bond donors (Lipinski definition) is 1. The Labute approximate surface area is 129 Å². The zero-order valence-electron chi connectivity index (χ0n) is 14.2. The highest BCUT2D eigenvalue weighted by Crippen LogP contribution is 2.48. The van der Waals surface area contributed by atoms with Gasteiger partial charge >= 0.3 is 5.97 Å². The Morgan fingerprint density at radius 3 is 2.52 bits per heavy atom. The summed E-state index contributed by atoms with van der Waals surface area (Å²) in [4.78, 5) is 15.4. The maximum atomic E-state index is 13.0. The minimum atomic E-state index is -0.408. The SMILES string of the molecule is CCOC(=O)C1(N2CCNCC2)CCCCC1C(C)(C)C. The van der Waals surface area contributed by atoms with Gasteiger partial charge in [0.2, 0.25) is 0 Å². The van der Waals surface area contributed by atoms with Gasteiger partial charge < -0.3 is 10.1 Å². The van der Waals surface area contributed by atoms with Gasteiger partial charge in [-0.15, -0.1) is 0 Å². The van der Waals surface area contributed by atoms with Gasteiger partial charge in [-0.1, -0.05) is 33.6 Å². The number of nitrogens with one attached hydrogen (secondary N) is 1. The van der Waals surface area contributed by atoms with Gasteiger partial charge in [0.1, 0.15) is 5.54 Å². The van der Waals surface area contributed by atoms with Crippen molar-refractivity contribution < 1.29 is 9.53 Å². The predicted molar refractivity (Wildman–Crippen MR) is 85.2 cm³/mol. The van der Waals surface area contributed by atoms with Crippen LogP contribution >= 0.6 is 0 Å². The van der Waals surface area contributed by atoms with E-state index in [1.165, 1.54) is 6.42 Å². The summed E-state index contributed by atoms with van der Waals surface area (Å²) in [6, 6.07) is 0. The normalized spacial score (nSPS) is 31.9. The second kappa shape index (κ2) is 6.66. The molecule has 2 rings (SSSR count). The first-order valence-electron chi connectivity index (χ1n) is 8.56. The van der Waals surface area contributed by atoms with E-state index in [0.717, 1.165) is 45.4 Å². The molecule has 1 saturated heterocycles. The molecule has 4 heteroatoms. The van der Waals surface area contributed by atoms with Gasteiger partial charge in [0, 0.05) is 26.2 Å². The van der Waals surface area contributed by atoms with Crippen LogP contribution in [0.2, 0.25) is 0 Å². The third-order valence-electron chi connectivity index (χ3n) is 5.23. The Balaban J connectivity index is 2.38. The second-order valence-electron chi connectivity index (χ2n) is 7.55. The molecule has 2 fully saturated rings. The van der Waals surface area contributed by atoms with Gasteiger partial charge in [0.25, 0.3) is 0 Å². The van der Waals surface area contributed by atoms with Crippen molar-refractivity contribution in [2.75, 3.05) is 32.8 Å². The van der Waals surface area contributed by atoms with E-state index >= 15 is 0 Å². The summed E-state index contributed by atoms with van der Waals surface area (Å²) in [6.07, 6.45) is 4.45. The Morgan fingerprint density at radius 2 is 1.95 bits per heavy atom. The lowest BCUT2D eigenvalue weighted by atomic mass is 9.61. The van der Waals surface area contributed by atoms with E-state index in [-0.39, 0.29) is 11.4 Å². The molecule has 2 atom stereocenters. The van der Waals surface area contributed by atoms with E-state index in [4.69, 9.17) is 4.74 Å². The maximum Gasteiger partial charge on any atom is 0.326 e. The van der Waals surface area contributed by atoms with Gasteiger partial charge in [-0.05, 0) is 31.1 Å². The maximum absolute atomic E-state index is 13.0. The van der Waals surface area contributed by atoms with Crippen LogP contribution in [-0.2, 0) is 9.53 Å². The third kappa shape index (κ3) is 3.26. The first-order chi connectivity index (χ1) is 9.93. The van der Waals surface area contributed by atoms with Gasteiger partial charge in [-0.3, -0.25) is 9.69 Å². The molecular weight excluding hydrogens is 264 g/mol. The highest BCUT2D eigenvalue weighted by Gasteiger charge is 2.55. The van der Waals surface area contributed by atoms with Gasteiger partial charge in [-0.2, -0.15) is 0 Å². The number of hydrogen-bond acceptors (Lipinski definition) is 4. The first kappa shape index (κ1) is 16.8. The molecule has 1 heterocycles. The first-order valence-corrected chi connectivity index (χ1v) is 8.56. The lowest BCUT2D eigenvalue weighted by Gasteiger charge is -2.54. The molecule has 0 amide bonds. The monoisotopic (exact) mass is 296 g/mol. The van der Waals surface area contributed by atoms with Crippen LogP contribution in [0.1, 0.15) is 53.4 Å². The Hall–Kier alpha value is -0.610. The predicted octanol–water partition coefficient (Wildman–Crippen LogP) is 2.43. The number of piperazine rings is 1. The third-order valence-corrected chi connectivity index (χ3v) is 5.23. The molecule has 1 N–H and O–H groups in total. The molecule has 21 heavy (non-hydrogen) atoms. The van der Waals surface area contributed by atoms with Crippen molar-refractivity contribution in [3.63, 3.8) is 0 Å². The molecule has 0 radical (unpaired) electrons. The van der Waals surface area contributed by atoms with E-state index in [1.807, 2.05) is 6.92 Å². The molecule has 1 aliphatic heterocycles. The van der Waals surface area contributed by atoms with Crippen molar-refractivity contribution in [2.24, 2.45) is 11.3 Å². The summed E-state index contributed by atoms with van der Waals surface area (Å²) in [6.45, 7) is 13.1. The van der Waals surface area contributed by atoms with Crippen LogP contribution in [0.3, 0.4) is 0 Å². The number of rotatable bonds is 3. The van der Waals surface area contributed by atoms with Gasteiger partial charge in [0.15, 0.2) is 0 Å². The van der Waals surface area contributed by atoms with Crippen LogP contribution in [0.4, 0.5) is 0 Å². The minimum absolute atomic E-state index is 0.0199. The van der Waals surface area contributed by atoms with Crippen LogP contribution in [0, 0.1) is 11.3 Å². The molecule has 4 nitrogen and oxygen atoms in total. The fraction of sp³-hybridized carbons (Fsp3) is 0.941. The van der Waals surface area contributed by atoms with E-state index in [0.29, 0.717) is 12.5 Å². The van der Waals surface area contributed by atoms with Crippen LogP contribution in [0.15, 0.2) is 0 Å². The van der Waals surface area contributed by atoms with Crippen molar-refractivity contribution >= 4 is 5.97 Å². The lowest BCUT2D eigenvalue weighted by Crippen LogP contribution is -2.67. The van der Waals surface area contributed by atoms with Gasteiger partial charge in [0.05, 0.1) is 6.61 Å². The molecular formula is C17H32N2O2. The molecule has 0 bridgehead atoms. The van der Waals surface area contributed by atoms with E-state index in [9.17, 15) is 4.79 Å². The molecule has 0 aromatic carbocycles. The minimum Gasteiger partial charge on any atom is -0.465 e. The average Bonchev–Trinajstić information content (AvgIpc) is 2.47. The Kier molecular flexibility index (Phi) is 5.31. The molecule has 2 unspecified atom stereocenters. The van der Waals surface area contributed by atoms with E-state index in [1.54, 1.807) is 0 Å². The Bertz CT molecular complexity index is 358. The number of carbonyl (C=O) groups excluding carboxylic acids is 1. The number of nitrogens with zero attached hydrogens (tertiary/aromatic N) is 1. The second-order valence-corrected chi connectivity index (χ2v) is 7.55. The number of ether oxygens (including phenoxy) is 1. The molecule has 122 valence electrons. The standard InChI is InChI=1S/C17H32N2O2/c1-5-21-15(20)17(19-12-10-18-11-13-19)9-7-6-8-14(17)16(2,3)4/h14,18H,5-13H2,1-4H3. The zero-order valence-corrected chi connectivity index (χ0v) is 14.2. The van der Waals surface area contributed by atoms with Crippen molar-refractivity contribution in [1.29, 1.82) is 0 Å². The summed E-state index contributed by atoms with van der Waals surface area (Å²) in [7, 11) is 0. The molecule has 2 aliphatic rings. The van der Waals surface area contributed by atoms with E-state index < -0.39 is 5.54 Å². The van der Waals surface area contributed by atoms with Crippen LogP contribution < -0.4 is 5.32 Å². The van der Waals surface area contributed by atoms with Crippen molar-refractivity contribution in [3.05, 3.63) is 0 Å². The van der Waals surface area contributed by atoms with Crippen LogP contribution in [0.25, 0.3) is 0 Å². The van der Waals surface area contributed by atoms with E-state index in [2.05, 4.69) is 31.0 Å². The molecule has 1 saturated carbocycles. The highest BCUT2D eigenvalue weighted by molar-refractivity contribution is 5.81. The summed E-state index contributed by atoms with van der Waals surface area (Å²) < 4.78 is 5.56. The molecule has 0 aromatic heterocycles. The molecule has 1 aliphatic carbocycles. The van der Waals surface area contributed by atoms with Crippen LogP contribution in [-0.4, -0.2) is 49.2 Å². The van der Waals surface area contributed by atoms with Gasteiger partial charge in [-0.25, -0.2) is 0 Å². The van der Waals surface area contributed by atoms with Crippen molar-refractivity contribution in [2.45, 2.75) is 58.9 Å². The largest absolute Gasteiger partial charge is 0.465 e. The summed E-state index contributed by atoms with van der Waals surface area (Å²) in [5.41, 5.74) is -0.285. The topological polar surface area (TPSA) is 41.6 Å². The fourth-order valence-electron chi connectivity index (χ4n) is 4.38. The number of carbonyl (C=O) groups is 1. The average molecular weight is 296 g/mol. The lowest BCUT2D eigenvalue weighted by molar-refractivity contribution is -0.171. The highest BCUT2D eigenvalue weighted by atomic mass is 16.5. The smallest absolute Gasteiger partial charge is 0.326 e. The molecule has 0 aromatic rings. The van der Waals surface area contributed by atoms with Crippen molar-refractivity contribution in [3.8, 4) is 0 Å². The zero-order chi connectivity index (χ0) is 15.5. The quantitative estimate of drug-likeness (QED) is 0.812. The van der Waals surface area contributed by atoms with Crippen molar-refractivity contribution in [1.82, 2.24) is 10.2 Å². The summed E-state index contributed by atoms with van der Waals surface area (Å²) >= 11 is 0. The Morgan fingerprint density at radius 1 is 1.29 bits per heavy atom. The molecule has 0 spiro atoms. The fourth-order valence-corrected chi connectivity index (χ4v) is 4.38.